The number of nitrogens with zero attached hydrogens (tertiary/aromatic N) is 3. The van der Waals surface area contributed by atoms with Gasteiger partial charge in [-0.25, -0.2) is 5.01 Å². The molecule has 1 N–H and O–H groups in total. The van der Waals surface area contributed by atoms with Crippen LogP contribution in [0.15, 0.2) is 53.6 Å². The highest BCUT2D eigenvalue weighted by Gasteiger charge is 2.56. The van der Waals surface area contributed by atoms with Gasteiger partial charge in [0.25, 0.3) is 5.91 Å². The fraction of sp³-hybridized carbons (Fsp3) is 0.391. The number of ether oxygens (including phenoxy) is 1. The van der Waals surface area contributed by atoms with Crippen molar-refractivity contribution in [3.63, 3.8) is 0 Å². The SMILES string of the molecule is COc1ccc([C@H]2[C@@H](C(F)(F)F)C(C(=O)NN3CCCCC3)=NN2c2ccccc2Cl)cc1. The third-order valence-electron chi connectivity index (χ3n) is 5.85. The topological polar surface area (TPSA) is 57.2 Å². The van der Waals surface area contributed by atoms with Gasteiger partial charge in [-0.05, 0) is 42.7 Å². The second-order valence-corrected chi connectivity index (χ2v) is 8.41. The summed E-state index contributed by atoms with van der Waals surface area (Å²) in [5.41, 5.74) is 2.66. The Bertz CT molecular complexity index is 1020. The third-order valence-corrected chi connectivity index (χ3v) is 6.17. The van der Waals surface area contributed by atoms with Gasteiger partial charge >= 0.3 is 6.18 Å². The van der Waals surface area contributed by atoms with Crippen molar-refractivity contribution in [2.24, 2.45) is 11.0 Å². The maximum Gasteiger partial charge on any atom is 0.399 e. The van der Waals surface area contributed by atoms with Crippen LogP contribution in [0.3, 0.4) is 0 Å². The largest absolute Gasteiger partial charge is 0.497 e. The number of hydrogen-bond donors (Lipinski definition) is 1. The van der Waals surface area contributed by atoms with Gasteiger partial charge in [-0.1, -0.05) is 42.3 Å². The Morgan fingerprint density at radius 2 is 1.76 bits per heavy atom. The predicted octanol–water partition coefficient (Wildman–Crippen LogP) is 4.96. The molecule has 176 valence electrons. The van der Waals surface area contributed by atoms with Crippen molar-refractivity contribution < 1.29 is 22.7 Å². The molecule has 10 heteroatoms. The van der Waals surface area contributed by atoms with E-state index in [1.165, 1.54) is 12.1 Å². The molecule has 2 atom stereocenters. The lowest BCUT2D eigenvalue weighted by molar-refractivity contribution is -0.160. The maximum absolute atomic E-state index is 14.5. The summed E-state index contributed by atoms with van der Waals surface area (Å²) in [5, 5.41) is 7.30. The normalized spacial score (nSPS) is 21.6. The summed E-state index contributed by atoms with van der Waals surface area (Å²) in [7, 11) is 1.48. The standard InChI is InChI=1S/C23H24ClF3N4O2/c1-33-16-11-9-15(10-12-16)21-19(23(25,26)27)20(22(32)29-30-13-5-2-6-14-30)28-31(21)18-8-4-3-7-17(18)24/h3-4,7-12,19,21H,2,5-6,13-14H2,1H3,(H,29,32)/t19-,21-/m0/s1. The van der Waals surface area contributed by atoms with Gasteiger partial charge in [-0.2, -0.15) is 18.3 Å². The molecule has 33 heavy (non-hydrogen) atoms. The molecule has 2 aliphatic heterocycles. The first kappa shape index (κ1) is 23.4. The Morgan fingerprint density at radius 3 is 2.36 bits per heavy atom. The quantitative estimate of drug-likeness (QED) is 0.657. The average molecular weight is 481 g/mol. The van der Waals surface area contributed by atoms with Crippen LogP contribution in [0.25, 0.3) is 0 Å². The number of carbonyl (C=O) groups is 1. The number of carbonyl (C=O) groups excluding carboxylic acids is 1. The smallest absolute Gasteiger partial charge is 0.399 e. The van der Waals surface area contributed by atoms with Crippen LogP contribution in [0.4, 0.5) is 18.9 Å². The number of piperidine rings is 1. The number of alkyl halides is 3. The number of hydrazone groups is 1. The molecule has 2 aromatic carbocycles. The lowest BCUT2D eigenvalue weighted by Gasteiger charge is -2.30. The van der Waals surface area contributed by atoms with Gasteiger partial charge in [0.05, 0.1) is 23.9 Å². The zero-order chi connectivity index (χ0) is 23.6. The summed E-state index contributed by atoms with van der Waals surface area (Å²) >= 11 is 6.33. The maximum atomic E-state index is 14.5. The number of para-hydroxylation sites is 1. The fourth-order valence-electron chi connectivity index (χ4n) is 4.23. The Kier molecular flexibility index (Phi) is 6.81. The lowest BCUT2D eigenvalue weighted by atomic mass is 9.88. The van der Waals surface area contributed by atoms with Crippen LogP contribution in [0.2, 0.25) is 5.02 Å². The van der Waals surface area contributed by atoms with Crippen molar-refractivity contribution in [1.82, 2.24) is 10.4 Å². The molecule has 0 spiro atoms. The van der Waals surface area contributed by atoms with Crippen LogP contribution in [0, 0.1) is 5.92 Å². The molecule has 0 unspecified atom stereocenters. The van der Waals surface area contributed by atoms with Crippen molar-refractivity contribution in [3.8, 4) is 5.75 Å². The van der Waals surface area contributed by atoms with Gasteiger partial charge < -0.3 is 4.74 Å². The van der Waals surface area contributed by atoms with Crippen LogP contribution in [0.5, 0.6) is 5.75 Å². The van der Waals surface area contributed by atoms with Crippen LogP contribution in [0.1, 0.15) is 30.9 Å². The van der Waals surface area contributed by atoms with Crippen LogP contribution in [-0.4, -0.2) is 43.0 Å². The molecular formula is C23H24ClF3N4O2. The molecule has 2 aliphatic rings. The highest BCUT2D eigenvalue weighted by Crippen LogP contribution is 2.48. The van der Waals surface area contributed by atoms with E-state index in [-0.39, 0.29) is 10.7 Å². The number of anilines is 1. The summed E-state index contributed by atoms with van der Waals surface area (Å²) in [5.74, 6) is -2.49. The van der Waals surface area contributed by atoms with E-state index < -0.39 is 29.8 Å². The summed E-state index contributed by atoms with van der Waals surface area (Å²) < 4.78 is 48.5. The average Bonchev–Trinajstić information content (AvgIpc) is 3.21. The van der Waals surface area contributed by atoms with Gasteiger partial charge in [0.1, 0.15) is 17.4 Å². The molecule has 0 aliphatic carbocycles. The molecule has 4 rings (SSSR count). The first-order valence-corrected chi connectivity index (χ1v) is 11.1. The second kappa shape index (κ2) is 9.61. The summed E-state index contributed by atoms with van der Waals surface area (Å²) in [6.45, 7) is 1.18. The monoisotopic (exact) mass is 480 g/mol. The van der Waals surface area contributed by atoms with Crippen molar-refractivity contribution in [3.05, 3.63) is 59.1 Å². The van der Waals surface area contributed by atoms with E-state index in [1.54, 1.807) is 53.5 Å². The zero-order valence-corrected chi connectivity index (χ0v) is 18.7. The Morgan fingerprint density at radius 1 is 1.09 bits per heavy atom. The van der Waals surface area contributed by atoms with E-state index in [4.69, 9.17) is 16.3 Å². The zero-order valence-electron chi connectivity index (χ0n) is 18.0. The van der Waals surface area contributed by atoms with Crippen molar-refractivity contribution in [2.75, 3.05) is 25.2 Å². The van der Waals surface area contributed by atoms with Gasteiger partial charge in [-0.15, -0.1) is 0 Å². The summed E-state index contributed by atoms with van der Waals surface area (Å²) in [4.78, 5) is 13.0. The molecule has 1 saturated heterocycles. The number of benzene rings is 2. The van der Waals surface area contributed by atoms with E-state index >= 15 is 0 Å². The number of amides is 1. The van der Waals surface area contributed by atoms with Crippen molar-refractivity contribution in [2.45, 2.75) is 31.5 Å². The molecule has 1 fully saturated rings. The minimum Gasteiger partial charge on any atom is -0.497 e. The number of methoxy groups -OCH3 is 1. The third kappa shape index (κ3) is 4.94. The van der Waals surface area contributed by atoms with Crippen molar-refractivity contribution >= 4 is 28.9 Å². The lowest BCUT2D eigenvalue weighted by Crippen LogP contribution is -2.50. The highest BCUT2D eigenvalue weighted by atomic mass is 35.5. The molecule has 2 aromatic rings. The van der Waals surface area contributed by atoms with Gasteiger partial charge in [-0.3, -0.25) is 15.2 Å². The molecule has 0 bridgehead atoms. The van der Waals surface area contributed by atoms with E-state index in [0.717, 1.165) is 19.3 Å². The highest BCUT2D eigenvalue weighted by molar-refractivity contribution is 6.41. The molecule has 2 heterocycles. The first-order valence-electron chi connectivity index (χ1n) is 10.7. The molecule has 0 saturated carbocycles. The number of halogens is 4. The van der Waals surface area contributed by atoms with Gasteiger partial charge in [0.15, 0.2) is 0 Å². The van der Waals surface area contributed by atoms with E-state index in [1.807, 2.05) is 0 Å². The fourth-order valence-corrected chi connectivity index (χ4v) is 4.46. The number of rotatable bonds is 5. The molecular weight excluding hydrogens is 457 g/mol. The summed E-state index contributed by atoms with van der Waals surface area (Å²) in [6, 6.07) is 11.5. The molecule has 1 amide bonds. The number of nitrogens with one attached hydrogen (secondary N) is 1. The number of hydrazine groups is 1. The molecule has 6 nitrogen and oxygen atoms in total. The predicted molar refractivity (Wildman–Crippen MR) is 120 cm³/mol. The first-order chi connectivity index (χ1) is 15.8. The molecule has 0 aromatic heterocycles. The minimum absolute atomic E-state index is 0.235. The second-order valence-electron chi connectivity index (χ2n) is 8.01. The van der Waals surface area contributed by atoms with Gasteiger partial charge in [0.2, 0.25) is 0 Å². The Balaban J connectivity index is 1.77. The van der Waals surface area contributed by atoms with E-state index in [0.29, 0.717) is 24.4 Å². The van der Waals surface area contributed by atoms with Crippen LogP contribution in [-0.2, 0) is 4.79 Å². The molecule has 0 radical (unpaired) electrons. The van der Waals surface area contributed by atoms with Crippen molar-refractivity contribution in [1.29, 1.82) is 0 Å². The van der Waals surface area contributed by atoms with E-state index in [2.05, 4.69) is 10.5 Å². The van der Waals surface area contributed by atoms with Crippen LogP contribution < -0.4 is 15.2 Å². The van der Waals surface area contributed by atoms with Gasteiger partial charge in [0, 0.05) is 13.1 Å². The summed E-state index contributed by atoms with van der Waals surface area (Å²) in [6.07, 6.45) is -1.96. The van der Waals surface area contributed by atoms with E-state index in [9.17, 15) is 18.0 Å². The van der Waals surface area contributed by atoms with Crippen LogP contribution >= 0.6 is 11.6 Å². The Labute approximate surface area is 194 Å². The minimum atomic E-state index is -4.72. The number of hydrogen-bond acceptors (Lipinski definition) is 5. The Hall–Kier alpha value is -2.78.